The minimum Gasteiger partial charge on any atom is -0.877 e. The summed E-state index contributed by atoms with van der Waals surface area (Å²) in [7, 11) is 1.85. The normalized spacial score (nSPS) is 14.6. The standard InChI is InChI=1S/C25H32NOPSi.C5H5.Fe/c1-26(2)17-16-22-23(19-27)25(29(3,4)5)18-24(22)28(20-12-8-6-9-13-20)21-14-10-7-11-15-21;1-2-4-5-3-1;/h6-15,18-19,27H,16-17H2,1-5H3;1-5H;/q;-1;+2/p-1. The fourth-order valence-electron chi connectivity index (χ4n) is 4.06. The fourth-order valence-corrected chi connectivity index (χ4v) is 8.33. The predicted molar refractivity (Wildman–Crippen MR) is 151 cm³/mol. The van der Waals surface area contributed by atoms with E-state index in [4.69, 9.17) is 0 Å². The molecule has 0 aromatic heterocycles. The molecule has 0 atom stereocenters. The summed E-state index contributed by atoms with van der Waals surface area (Å²) < 4.78 is 0. The summed E-state index contributed by atoms with van der Waals surface area (Å²) in [6.45, 7) is 7.95. The smallest absolute Gasteiger partial charge is 0.877 e. The molecule has 1 aliphatic carbocycles. The Morgan fingerprint density at radius 2 is 1.37 bits per heavy atom. The number of allylic oxidation sites excluding steroid dienone is 4. The molecule has 5 heteroatoms. The average Bonchev–Trinajstić information content (AvgIpc) is 3.51. The van der Waals surface area contributed by atoms with Gasteiger partial charge < -0.3 is 10.0 Å². The molecule has 0 amide bonds. The van der Waals surface area contributed by atoms with Gasteiger partial charge in [0.25, 0.3) is 0 Å². The minimum atomic E-state index is -1.65. The van der Waals surface area contributed by atoms with E-state index in [1.165, 1.54) is 26.7 Å². The molecule has 2 nitrogen and oxygen atoms in total. The van der Waals surface area contributed by atoms with Gasteiger partial charge in [-0.25, -0.2) is 12.1 Å². The summed E-state index contributed by atoms with van der Waals surface area (Å²) in [6.07, 6.45) is 4.40. The zero-order valence-corrected chi connectivity index (χ0v) is 24.4. The number of hydrogen-bond acceptors (Lipinski definition) is 2. The first-order valence-electron chi connectivity index (χ1n) is 11.8. The van der Waals surface area contributed by atoms with Crippen LogP contribution in [0.25, 0.3) is 0 Å². The summed E-state index contributed by atoms with van der Waals surface area (Å²) in [4.78, 5) is 2.20. The molecule has 184 valence electrons. The van der Waals surface area contributed by atoms with Crippen molar-refractivity contribution in [1.82, 2.24) is 4.90 Å². The van der Waals surface area contributed by atoms with Crippen molar-refractivity contribution in [2.45, 2.75) is 26.1 Å². The molecule has 0 bridgehead atoms. The van der Waals surface area contributed by atoms with Crippen molar-refractivity contribution < 1.29 is 22.2 Å². The molecule has 3 aromatic rings. The second kappa shape index (κ2) is 13.9. The van der Waals surface area contributed by atoms with E-state index in [1.54, 1.807) is 0 Å². The molecule has 0 spiro atoms. The molecule has 0 aliphatic heterocycles. The third-order valence-corrected chi connectivity index (χ3v) is 10.3. The summed E-state index contributed by atoms with van der Waals surface area (Å²) in [5.41, 5.74) is 2.21. The fraction of sp³-hybridized carbons (Fsp3) is 0.233. The molecule has 0 heterocycles. The third kappa shape index (κ3) is 7.97. The van der Waals surface area contributed by atoms with E-state index >= 15 is 0 Å². The quantitative estimate of drug-likeness (QED) is 0.164. The van der Waals surface area contributed by atoms with Crippen LogP contribution in [0.5, 0.6) is 0 Å². The van der Waals surface area contributed by atoms with Gasteiger partial charge in [0, 0.05) is 6.54 Å². The van der Waals surface area contributed by atoms with Crippen LogP contribution in [0.3, 0.4) is 0 Å². The Morgan fingerprint density at radius 3 is 1.74 bits per heavy atom. The monoisotopic (exact) mass is 541 g/mol. The zero-order chi connectivity index (χ0) is 24.6. The molecule has 4 rings (SSSR count). The van der Waals surface area contributed by atoms with E-state index in [0.29, 0.717) is 0 Å². The van der Waals surface area contributed by atoms with Gasteiger partial charge in [-0.2, -0.15) is 18.2 Å². The molecule has 35 heavy (non-hydrogen) atoms. The summed E-state index contributed by atoms with van der Waals surface area (Å²) >= 11 is 0. The van der Waals surface area contributed by atoms with Gasteiger partial charge in [0.05, 0.1) is 8.07 Å². The van der Waals surface area contributed by atoms with Gasteiger partial charge in [-0.3, -0.25) is 0 Å². The predicted octanol–water partition coefficient (Wildman–Crippen LogP) is 5.79. The van der Waals surface area contributed by atoms with Crippen molar-refractivity contribution >= 4 is 26.6 Å². The first-order chi connectivity index (χ1) is 16.3. The first kappa shape index (κ1) is 29.2. The van der Waals surface area contributed by atoms with Gasteiger partial charge >= 0.3 is 17.1 Å². The maximum absolute atomic E-state index is 12.3. The van der Waals surface area contributed by atoms with E-state index in [0.717, 1.165) is 24.8 Å². The Morgan fingerprint density at radius 1 is 0.857 bits per heavy atom. The molecule has 0 N–H and O–H groups in total. The SMILES string of the molecule is CN(C)CCC1=C(P(c2ccccc2)c2ccccc2)C=C([Si](C)(C)C)C1=C[O-].[Fe+2].c1cc[cH-]c1. The minimum absolute atomic E-state index is 0. The molecule has 0 unspecified atom stereocenters. The summed E-state index contributed by atoms with van der Waals surface area (Å²) in [5.74, 6) is 0. The second-order valence-corrected chi connectivity index (χ2v) is 16.9. The number of benzene rings is 2. The summed E-state index contributed by atoms with van der Waals surface area (Å²) in [6, 6.07) is 31.6. The Labute approximate surface area is 224 Å². The summed E-state index contributed by atoms with van der Waals surface area (Å²) in [5, 5.41) is 17.6. The van der Waals surface area contributed by atoms with E-state index in [1.807, 2.05) is 30.3 Å². The van der Waals surface area contributed by atoms with Gasteiger partial charge in [-0.1, -0.05) is 91.6 Å². The van der Waals surface area contributed by atoms with Crippen molar-refractivity contribution in [1.29, 1.82) is 0 Å². The van der Waals surface area contributed by atoms with E-state index in [2.05, 4.69) is 105 Å². The average molecular weight is 542 g/mol. The van der Waals surface area contributed by atoms with Crippen LogP contribution in [0.4, 0.5) is 0 Å². The molecule has 0 radical (unpaired) electrons. The van der Waals surface area contributed by atoms with Crippen LogP contribution in [-0.2, 0) is 17.1 Å². The number of nitrogens with zero attached hydrogens (tertiary/aromatic N) is 1. The maximum Gasteiger partial charge on any atom is 2.00 e. The zero-order valence-electron chi connectivity index (χ0n) is 21.4. The molecule has 0 fully saturated rings. The van der Waals surface area contributed by atoms with Crippen LogP contribution in [0.1, 0.15) is 6.42 Å². The number of rotatable bonds is 7. The largest absolute Gasteiger partial charge is 2.00 e. The van der Waals surface area contributed by atoms with Crippen molar-refractivity contribution in [3.8, 4) is 0 Å². The first-order valence-corrected chi connectivity index (χ1v) is 16.7. The van der Waals surface area contributed by atoms with Crippen molar-refractivity contribution in [3.63, 3.8) is 0 Å². The van der Waals surface area contributed by atoms with Crippen LogP contribution < -0.4 is 15.7 Å². The second-order valence-electron chi connectivity index (χ2n) is 9.73. The number of hydrogen-bond donors (Lipinski definition) is 0. The van der Waals surface area contributed by atoms with E-state index in [9.17, 15) is 5.11 Å². The van der Waals surface area contributed by atoms with Gasteiger partial charge in [-0.15, -0.1) is 6.26 Å². The van der Waals surface area contributed by atoms with E-state index in [-0.39, 0.29) is 17.1 Å². The van der Waals surface area contributed by atoms with Crippen LogP contribution in [-0.4, -0.2) is 33.6 Å². The Bertz CT molecular complexity index is 1060. The Balaban J connectivity index is 0.000000640. The molecular formula is C30H36FeNOPSi. The molecule has 0 saturated carbocycles. The van der Waals surface area contributed by atoms with Crippen molar-refractivity contribution in [3.05, 3.63) is 125 Å². The van der Waals surface area contributed by atoms with Crippen LogP contribution in [0, 0.1) is 0 Å². The van der Waals surface area contributed by atoms with Crippen molar-refractivity contribution in [2.24, 2.45) is 0 Å². The molecule has 0 saturated heterocycles. The van der Waals surface area contributed by atoms with Crippen LogP contribution in [0.15, 0.2) is 125 Å². The Hall–Kier alpha value is -2.06. The van der Waals surface area contributed by atoms with Crippen molar-refractivity contribution in [2.75, 3.05) is 20.6 Å². The van der Waals surface area contributed by atoms with Crippen LogP contribution >= 0.6 is 7.92 Å². The Kier molecular flexibility index (Phi) is 11.6. The van der Waals surface area contributed by atoms with Crippen LogP contribution in [0.2, 0.25) is 19.6 Å². The van der Waals surface area contributed by atoms with Gasteiger partial charge in [0.1, 0.15) is 0 Å². The molecular weight excluding hydrogens is 505 g/mol. The molecule has 1 aliphatic rings. The third-order valence-electron chi connectivity index (χ3n) is 5.77. The molecule has 3 aromatic carbocycles. The van der Waals surface area contributed by atoms with Gasteiger partial charge in [-0.05, 0) is 55.5 Å². The van der Waals surface area contributed by atoms with Gasteiger partial charge in [0.15, 0.2) is 0 Å². The maximum atomic E-state index is 12.3. The van der Waals surface area contributed by atoms with E-state index < -0.39 is 16.0 Å². The topological polar surface area (TPSA) is 26.3 Å². The van der Waals surface area contributed by atoms with Gasteiger partial charge in [0.2, 0.25) is 0 Å².